The summed E-state index contributed by atoms with van der Waals surface area (Å²) in [6.07, 6.45) is 5.66. The monoisotopic (exact) mass is 602 g/mol. The molecule has 3 aliphatic rings. The first-order chi connectivity index (χ1) is 19.9. The van der Waals surface area contributed by atoms with Crippen molar-refractivity contribution in [2.45, 2.75) is 69.6 Å². The van der Waals surface area contributed by atoms with E-state index in [-0.39, 0.29) is 49.3 Å². The number of hydrogen-bond acceptors (Lipinski definition) is 8. The van der Waals surface area contributed by atoms with Crippen LogP contribution in [0.1, 0.15) is 60.3 Å². The van der Waals surface area contributed by atoms with Crippen LogP contribution in [-0.4, -0.2) is 99.5 Å². The molecule has 2 aromatic heterocycles. The fourth-order valence-corrected chi connectivity index (χ4v) is 7.35. The number of amides is 4. The van der Waals surface area contributed by atoms with Crippen LogP contribution in [0.4, 0.5) is 4.79 Å². The summed E-state index contributed by atoms with van der Waals surface area (Å²) in [6, 6.07) is 2.65. The number of nitrogens with zero attached hydrogens (tertiary/aromatic N) is 4. The molecule has 4 amide bonds. The molecule has 2 atom stereocenters. The van der Waals surface area contributed by atoms with Gasteiger partial charge in [0.05, 0.1) is 24.6 Å². The molecular formula is C28H38N6O5S2. The minimum atomic E-state index is -1.10. The Morgan fingerprint density at radius 1 is 1.02 bits per heavy atom. The van der Waals surface area contributed by atoms with E-state index in [9.17, 15) is 24.3 Å². The molecule has 222 valence electrons. The van der Waals surface area contributed by atoms with E-state index in [1.165, 1.54) is 34.0 Å². The van der Waals surface area contributed by atoms with E-state index in [1.807, 2.05) is 17.5 Å². The van der Waals surface area contributed by atoms with Gasteiger partial charge in [0.2, 0.25) is 11.8 Å². The third-order valence-corrected chi connectivity index (χ3v) is 9.95. The molecule has 0 radical (unpaired) electrons. The maximum atomic E-state index is 14.3. The summed E-state index contributed by atoms with van der Waals surface area (Å²) in [5.74, 6) is -0.588. The quantitative estimate of drug-likeness (QED) is 0.423. The smallest absolute Gasteiger partial charge is 0.407 e. The van der Waals surface area contributed by atoms with Gasteiger partial charge in [-0.2, -0.15) is 0 Å². The van der Waals surface area contributed by atoms with Crippen molar-refractivity contribution in [2.75, 3.05) is 32.7 Å². The molecule has 4 heterocycles. The molecule has 0 bridgehead atoms. The number of thiazole rings is 1. The first-order valence-corrected chi connectivity index (χ1v) is 16.2. The lowest BCUT2D eigenvalue weighted by molar-refractivity contribution is -0.146. The summed E-state index contributed by atoms with van der Waals surface area (Å²) in [4.78, 5) is 62.2. The Kier molecular flexibility index (Phi) is 9.88. The van der Waals surface area contributed by atoms with Gasteiger partial charge in [0.15, 0.2) is 0 Å². The number of carbonyl (C=O) groups is 4. The lowest BCUT2D eigenvalue weighted by Crippen LogP contribution is -2.65. The average Bonchev–Trinajstić information content (AvgIpc) is 3.73. The van der Waals surface area contributed by atoms with E-state index in [0.717, 1.165) is 30.6 Å². The molecule has 3 fully saturated rings. The van der Waals surface area contributed by atoms with Crippen LogP contribution < -0.4 is 10.6 Å². The molecule has 1 unspecified atom stereocenters. The van der Waals surface area contributed by atoms with Crippen LogP contribution in [0.25, 0.3) is 0 Å². The van der Waals surface area contributed by atoms with Gasteiger partial charge >= 0.3 is 6.09 Å². The second kappa shape index (κ2) is 13.8. The van der Waals surface area contributed by atoms with Gasteiger partial charge in [-0.05, 0) is 43.0 Å². The number of carboxylic acid groups (broad SMARTS) is 1. The van der Waals surface area contributed by atoms with Crippen LogP contribution in [0, 0.1) is 5.92 Å². The predicted octanol–water partition coefficient (Wildman–Crippen LogP) is 2.85. The highest BCUT2D eigenvalue weighted by Gasteiger charge is 2.43. The van der Waals surface area contributed by atoms with Gasteiger partial charge in [0.1, 0.15) is 11.7 Å². The number of nitrogens with one attached hydrogen (secondary N) is 2. The molecule has 1 aliphatic carbocycles. The Hall–Kier alpha value is -3.03. The summed E-state index contributed by atoms with van der Waals surface area (Å²) in [5, 5.41) is 19.9. The van der Waals surface area contributed by atoms with Crippen LogP contribution in [0.15, 0.2) is 28.4 Å². The van der Waals surface area contributed by atoms with Crippen molar-refractivity contribution in [1.82, 2.24) is 30.3 Å². The van der Waals surface area contributed by atoms with Gasteiger partial charge in [-0.25, -0.2) is 9.78 Å². The Bertz CT molecular complexity index is 1180. The average molecular weight is 603 g/mol. The Labute approximate surface area is 247 Å². The number of rotatable bonds is 8. The SMILES string of the molecule is O=C(NCc1cccs1)[C@@H]1CN(C(=O)O)CCN1C(=O)C(NC1CCCCC1)C1CCN(C(=O)c2cscn2)CC1. The van der Waals surface area contributed by atoms with E-state index in [2.05, 4.69) is 15.6 Å². The highest BCUT2D eigenvalue weighted by molar-refractivity contribution is 7.09. The van der Waals surface area contributed by atoms with Crippen molar-refractivity contribution in [2.24, 2.45) is 5.92 Å². The van der Waals surface area contributed by atoms with Crippen LogP contribution in [0.2, 0.25) is 0 Å². The molecule has 11 nitrogen and oxygen atoms in total. The van der Waals surface area contributed by atoms with Crippen molar-refractivity contribution in [3.05, 3.63) is 39.0 Å². The number of hydrogen-bond donors (Lipinski definition) is 3. The van der Waals surface area contributed by atoms with Gasteiger partial charge in [-0.3, -0.25) is 14.4 Å². The maximum Gasteiger partial charge on any atom is 0.407 e. The number of piperazine rings is 1. The van der Waals surface area contributed by atoms with Gasteiger partial charge in [0, 0.05) is 42.5 Å². The van der Waals surface area contributed by atoms with Crippen LogP contribution >= 0.6 is 22.7 Å². The number of aromatic nitrogens is 1. The highest BCUT2D eigenvalue weighted by Crippen LogP contribution is 2.27. The first-order valence-electron chi connectivity index (χ1n) is 14.4. The zero-order valence-corrected chi connectivity index (χ0v) is 24.7. The van der Waals surface area contributed by atoms with E-state index in [4.69, 9.17) is 0 Å². The van der Waals surface area contributed by atoms with Crippen LogP contribution in [0.5, 0.6) is 0 Å². The van der Waals surface area contributed by atoms with Crippen molar-refractivity contribution in [1.29, 1.82) is 0 Å². The molecule has 2 saturated heterocycles. The molecule has 41 heavy (non-hydrogen) atoms. The zero-order valence-electron chi connectivity index (χ0n) is 23.1. The van der Waals surface area contributed by atoms with Crippen molar-refractivity contribution in [3.8, 4) is 0 Å². The Morgan fingerprint density at radius 3 is 2.46 bits per heavy atom. The van der Waals surface area contributed by atoms with E-state index in [0.29, 0.717) is 38.2 Å². The minimum absolute atomic E-state index is 0.00348. The maximum absolute atomic E-state index is 14.3. The number of thiophene rings is 1. The molecule has 5 rings (SSSR count). The Balaban J connectivity index is 1.31. The summed E-state index contributed by atoms with van der Waals surface area (Å²) in [5.41, 5.74) is 2.11. The molecule has 2 aliphatic heterocycles. The number of likely N-dealkylation sites (tertiary alicyclic amines) is 1. The second-order valence-electron chi connectivity index (χ2n) is 11.1. The molecule has 2 aromatic rings. The van der Waals surface area contributed by atoms with Crippen molar-refractivity contribution in [3.63, 3.8) is 0 Å². The minimum Gasteiger partial charge on any atom is -0.465 e. The highest BCUT2D eigenvalue weighted by atomic mass is 32.1. The van der Waals surface area contributed by atoms with Gasteiger partial charge in [-0.1, -0.05) is 25.3 Å². The first kappa shape index (κ1) is 29.5. The van der Waals surface area contributed by atoms with Gasteiger partial charge < -0.3 is 30.4 Å². The van der Waals surface area contributed by atoms with Crippen LogP contribution in [-0.2, 0) is 16.1 Å². The molecule has 13 heteroatoms. The third-order valence-electron chi connectivity index (χ3n) is 8.49. The van der Waals surface area contributed by atoms with E-state index < -0.39 is 18.2 Å². The summed E-state index contributed by atoms with van der Waals surface area (Å²) >= 11 is 2.92. The fourth-order valence-electron chi connectivity index (χ4n) is 6.18. The zero-order chi connectivity index (χ0) is 28.8. The normalized spacial score (nSPS) is 21.5. The van der Waals surface area contributed by atoms with Crippen molar-refractivity contribution < 1.29 is 24.3 Å². The summed E-state index contributed by atoms with van der Waals surface area (Å²) in [6.45, 7) is 1.66. The topological polar surface area (TPSA) is 135 Å². The molecule has 0 spiro atoms. The number of piperidine rings is 1. The second-order valence-corrected chi connectivity index (χ2v) is 12.8. The van der Waals surface area contributed by atoms with E-state index >= 15 is 0 Å². The molecule has 3 N–H and O–H groups in total. The third kappa shape index (κ3) is 7.25. The lowest BCUT2D eigenvalue weighted by Gasteiger charge is -2.44. The number of carbonyl (C=O) groups excluding carboxylic acids is 3. The van der Waals surface area contributed by atoms with Gasteiger partial charge in [0.25, 0.3) is 5.91 Å². The summed E-state index contributed by atoms with van der Waals surface area (Å²) < 4.78 is 0. The predicted molar refractivity (Wildman–Crippen MR) is 156 cm³/mol. The van der Waals surface area contributed by atoms with E-state index in [1.54, 1.807) is 20.7 Å². The lowest BCUT2D eigenvalue weighted by atomic mass is 9.86. The van der Waals surface area contributed by atoms with Crippen LogP contribution in [0.3, 0.4) is 0 Å². The Morgan fingerprint density at radius 2 is 1.80 bits per heavy atom. The molecular weight excluding hydrogens is 564 g/mol. The van der Waals surface area contributed by atoms with Crippen molar-refractivity contribution >= 4 is 46.5 Å². The molecule has 1 saturated carbocycles. The van der Waals surface area contributed by atoms with Gasteiger partial charge in [-0.15, -0.1) is 22.7 Å². The molecule has 0 aromatic carbocycles. The summed E-state index contributed by atoms with van der Waals surface area (Å²) in [7, 11) is 0. The fraction of sp³-hybridized carbons (Fsp3) is 0.607. The standard InChI is InChI=1S/C28H38N6O5S2/c35-25(29-15-21-7-4-14-41-21)23-16-33(28(38)39)12-13-34(23)27(37)24(31-20-5-2-1-3-6-20)19-8-10-32(11-9-19)26(36)22-17-40-18-30-22/h4,7,14,17-20,23-24,31H,1-3,5-6,8-13,15-16H2,(H,29,35)(H,38,39)/t23-,24?/m0/s1. The largest absolute Gasteiger partial charge is 0.465 e.